The maximum absolute atomic E-state index is 10.2. The van der Waals surface area contributed by atoms with E-state index in [1.165, 1.54) is 0 Å². The van der Waals surface area contributed by atoms with Crippen LogP contribution in [-0.4, -0.2) is 17.7 Å². The highest BCUT2D eigenvalue weighted by Crippen LogP contribution is 2.09. The molecule has 2 N–H and O–H groups in total. The van der Waals surface area contributed by atoms with Crippen molar-refractivity contribution in [1.29, 1.82) is 0 Å². The van der Waals surface area contributed by atoms with Gasteiger partial charge in [0.05, 0.1) is 0 Å². The van der Waals surface area contributed by atoms with Crippen LogP contribution in [0.15, 0.2) is 22.9 Å². The Hall–Kier alpha value is -1.10. The Kier molecular flexibility index (Phi) is 3.70. The molecule has 0 atom stereocenters. The Bertz CT molecular complexity index is 304. The lowest BCUT2D eigenvalue weighted by Gasteiger charge is -2.01. The maximum atomic E-state index is 10.2. The lowest BCUT2D eigenvalue weighted by Crippen LogP contribution is -2.14. The molecule has 1 radical (unpaired) electrons. The summed E-state index contributed by atoms with van der Waals surface area (Å²) in [5.41, 5.74) is 5.70. The molecule has 69 valence electrons. The van der Waals surface area contributed by atoms with Crippen LogP contribution in [0, 0.1) is 6.42 Å². The van der Waals surface area contributed by atoms with Crippen LogP contribution in [0.5, 0.6) is 0 Å². The van der Waals surface area contributed by atoms with Gasteiger partial charge in [-0.25, -0.2) is 9.78 Å². The summed E-state index contributed by atoms with van der Waals surface area (Å²) in [6.45, 7) is 0.172. The molecule has 5 heteroatoms. The van der Waals surface area contributed by atoms with Gasteiger partial charge in [-0.2, -0.15) is 0 Å². The Balaban J connectivity index is 2.41. The summed E-state index contributed by atoms with van der Waals surface area (Å²) < 4.78 is 5.27. The molecule has 13 heavy (non-hydrogen) atoms. The van der Waals surface area contributed by atoms with Crippen LogP contribution < -0.4 is 5.73 Å². The van der Waals surface area contributed by atoms with E-state index < -0.39 is 6.09 Å². The van der Waals surface area contributed by atoms with Crippen LogP contribution in [0.3, 0.4) is 0 Å². The zero-order valence-electron chi connectivity index (χ0n) is 6.74. The van der Waals surface area contributed by atoms with Crippen molar-refractivity contribution in [2.75, 3.05) is 6.61 Å². The number of rotatable bonds is 3. The Morgan fingerprint density at radius 1 is 1.77 bits per heavy atom. The quantitative estimate of drug-likeness (QED) is 0.819. The first kappa shape index (κ1) is 9.98. The molecule has 0 aliphatic rings. The van der Waals surface area contributed by atoms with Crippen molar-refractivity contribution >= 4 is 22.0 Å². The molecule has 1 aromatic rings. The van der Waals surface area contributed by atoms with E-state index in [4.69, 9.17) is 5.73 Å². The number of carbonyl (C=O) groups is 1. The number of hydrogen-bond donors (Lipinski definition) is 1. The molecule has 0 fully saturated rings. The van der Waals surface area contributed by atoms with Crippen LogP contribution in [0.2, 0.25) is 0 Å². The van der Waals surface area contributed by atoms with Gasteiger partial charge in [-0.3, -0.25) is 0 Å². The highest BCUT2D eigenvalue weighted by atomic mass is 79.9. The summed E-state index contributed by atoms with van der Waals surface area (Å²) in [4.78, 5) is 14.2. The van der Waals surface area contributed by atoms with Crippen molar-refractivity contribution in [2.24, 2.45) is 5.73 Å². The molecular weight excluding hydrogens is 236 g/mol. The molecule has 1 amide bonds. The number of halogens is 1. The topological polar surface area (TPSA) is 65.2 Å². The third-order valence-electron chi connectivity index (χ3n) is 1.30. The number of nitrogens with zero attached hydrogens (tertiary/aromatic N) is 1. The average Bonchev–Trinajstić information content (AvgIpc) is 2.03. The molecule has 0 saturated heterocycles. The number of nitrogens with two attached hydrogens (primary N) is 1. The van der Waals surface area contributed by atoms with E-state index in [2.05, 4.69) is 25.7 Å². The molecule has 0 aliphatic heterocycles. The van der Waals surface area contributed by atoms with Crippen molar-refractivity contribution in [3.63, 3.8) is 0 Å². The van der Waals surface area contributed by atoms with Crippen LogP contribution in [0.1, 0.15) is 5.56 Å². The smallest absolute Gasteiger partial charge is 0.404 e. The summed E-state index contributed by atoms with van der Waals surface area (Å²) in [5.74, 6) is 0. The van der Waals surface area contributed by atoms with Crippen molar-refractivity contribution in [3.8, 4) is 0 Å². The fourth-order valence-electron chi connectivity index (χ4n) is 0.764. The van der Waals surface area contributed by atoms with Gasteiger partial charge < -0.3 is 10.5 Å². The first-order chi connectivity index (χ1) is 6.18. The van der Waals surface area contributed by atoms with Gasteiger partial charge in [0, 0.05) is 12.6 Å². The van der Waals surface area contributed by atoms with E-state index in [9.17, 15) is 4.79 Å². The molecule has 0 unspecified atom stereocenters. The van der Waals surface area contributed by atoms with E-state index >= 15 is 0 Å². The largest absolute Gasteiger partial charge is 0.449 e. The predicted octanol–water partition coefficient (Wildman–Crippen LogP) is 1.49. The van der Waals surface area contributed by atoms with Crippen molar-refractivity contribution in [1.82, 2.24) is 4.98 Å². The predicted molar refractivity (Wildman–Crippen MR) is 50.9 cm³/mol. The summed E-state index contributed by atoms with van der Waals surface area (Å²) in [5, 5.41) is 0. The zero-order valence-corrected chi connectivity index (χ0v) is 8.32. The fourth-order valence-corrected chi connectivity index (χ4v) is 1.15. The number of aromatic nitrogens is 1. The lowest BCUT2D eigenvalue weighted by atomic mass is 10.2. The maximum Gasteiger partial charge on any atom is 0.404 e. The number of primary amides is 1. The normalized spacial score (nSPS) is 9.62. The number of carbonyl (C=O) groups excluding carboxylic acids is 1. The van der Waals surface area contributed by atoms with Gasteiger partial charge in [0.15, 0.2) is 0 Å². The van der Waals surface area contributed by atoms with Gasteiger partial charge in [-0.1, -0.05) is 0 Å². The molecular formula is C8H8BrN2O2. The summed E-state index contributed by atoms with van der Waals surface area (Å²) in [6.07, 6.45) is 2.61. The van der Waals surface area contributed by atoms with Crippen molar-refractivity contribution in [3.05, 3.63) is 34.9 Å². The molecule has 1 heterocycles. The Morgan fingerprint density at radius 2 is 2.54 bits per heavy atom. The highest BCUT2D eigenvalue weighted by molar-refractivity contribution is 9.10. The molecule has 0 bridgehead atoms. The minimum atomic E-state index is -0.774. The van der Waals surface area contributed by atoms with Gasteiger partial charge in [-0.15, -0.1) is 0 Å². The van der Waals surface area contributed by atoms with Gasteiger partial charge in [0.1, 0.15) is 11.2 Å². The van der Waals surface area contributed by atoms with E-state index in [-0.39, 0.29) is 6.61 Å². The first-order valence-corrected chi connectivity index (χ1v) is 4.35. The number of ether oxygens (including phenoxy) is 1. The molecule has 0 spiro atoms. The lowest BCUT2D eigenvalue weighted by molar-refractivity contribution is 0.166. The second kappa shape index (κ2) is 4.81. The average molecular weight is 244 g/mol. The van der Waals surface area contributed by atoms with E-state index in [1.807, 2.05) is 6.07 Å². The summed E-state index contributed by atoms with van der Waals surface area (Å²) >= 11 is 3.22. The second-order valence-corrected chi connectivity index (χ2v) is 3.06. The van der Waals surface area contributed by atoms with Gasteiger partial charge in [0.25, 0.3) is 0 Å². The van der Waals surface area contributed by atoms with Gasteiger partial charge >= 0.3 is 6.09 Å². The molecule has 1 aromatic heterocycles. The van der Waals surface area contributed by atoms with Gasteiger partial charge in [0.2, 0.25) is 0 Å². The fraction of sp³-hybridized carbons (Fsp3) is 0.125. The van der Waals surface area contributed by atoms with Crippen LogP contribution in [-0.2, 0) is 4.74 Å². The Morgan fingerprint density at radius 3 is 3.15 bits per heavy atom. The third-order valence-corrected chi connectivity index (χ3v) is 1.73. The third kappa shape index (κ3) is 3.89. The first-order valence-electron chi connectivity index (χ1n) is 3.55. The van der Waals surface area contributed by atoms with Crippen LogP contribution >= 0.6 is 15.9 Å². The zero-order chi connectivity index (χ0) is 9.68. The van der Waals surface area contributed by atoms with Crippen molar-refractivity contribution < 1.29 is 9.53 Å². The monoisotopic (exact) mass is 243 g/mol. The summed E-state index contributed by atoms with van der Waals surface area (Å²) in [7, 11) is 0. The van der Waals surface area contributed by atoms with Crippen LogP contribution in [0.4, 0.5) is 4.79 Å². The SMILES string of the molecule is NC(=O)OC[CH]c1ccnc(Br)c1. The van der Waals surface area contributed by atoms with Crippen LogP contribution in [0.25, 0.3) is 0 Å². The highest BCUT2D eigenvalue weighted by Gasteiger charge is 1.97. The minimum absolute atomic E-state index is 0.172. The summed E-state index contributed by atoms with van der Waals surface area (Å²) in [6, 6.07) is 3.61. The van der Waals surface area contributed by atoms with Crippen molar-refractivity contribution in [2.45, 2.75) is 0 Å². The molecule has 0 aromatic carbocycles. The number of pyridine rings is 1. The number of hydrogen-bond acceptors (Lipinski definition) is 3. The van der Waals surface area contributed by atoms with Gasteiger partial charge in [-0.05, 0) is 33.6 Å². The van der Waals surface area contributed by atoms with E-state index in [0.29, 0.717) is 0 Å². The second-order valence-electron chi connectivity index (χ2n) is 2.25. The minimum Gasteiger partial charge on any atom is -0.449 e. The molecule has 4 nitrogen and oxygen atoms in total. The Labute approximate surface area is 84.2 Å². The van der Waals surface area contributed by atoms with E-state index in [0.717, 1.165) is 10.2 Å². The molecule has 0 saturated carbocycles. The molecule has 0 aliphatic carbocycles. The molecule has 1 rings (SSSR count). The standard InChI is InChI=1S/C8H8BrN2O2/c9-7-5-6(1-3-11-7)2-4-13-8(10)12/h1-3,5H,4H2,(H2,10,12). The number of amides is 1. The van der Waals surface area contributed by atoms with E-state index in [1.54, 1.807) is 18.7 Å².